The summed E-state index contributed by atoms with van der Waals surface area (Å²) in [7, 11) is 0. The van der Waals surface area contributed by atoms with E-state index in [0.29, 0.717) is 36.4 Å². The van der Waals surface area contributed by atoms with Crippen LogP contribution in [0.1, 0.15) is 18.9 Å². The molecule has 0 radical (unpaired) electrons. The summed E-state index contributed by atoms with van der Waals surface area (Å²) in [6.45, 7) is 2.36. The molecule has 3 atom stereocenters. The molecule has 0 unspecified atom stereocenters. The van der Waals surface area contributed by atoms with Crippen molar-refractivity contribution in [1.29, 1.82) is 0 Å². The maximum absolute atomic E-state index is 12.3. The minimum atomic E-state index is -1.16. The van der Waals surface area contributed by atoms with E-state index in [1.807, 2.05) is 0 Å². The van der Waals surface area contributed by atoms with E-state index in [2.05, 4.69) is 0 Å². The number of carbonyl (C=O) groups excluding carboxylic acids is 2. The molecule has 3 aliphatic heterocycles. The lowest BCUT2D eigenvalue weighted by atomic mass is 9.82. The number of benzene rings is 1. The van der Waals surface area contributed by atoms with Crippen molar-refractivity contribution in [3.8, 4) is 0 Å². The fraction of sp³-hybridized carbons (Fsp3) is 0.389. The first-order valence-electron chi connectivity index (χ1n) is 8.42. The largest absolute Gasteiger partial charge is 0.477 e. The van der Waals surface area contributed by atoms with Crippen molar-refractivity contribution in [2.24, 2.45) is 5.92 Å². The van der Waals surface area contributed by atoms with Crippen LogP contribution in [0, 0.1) is 5.92 Å². The third-order valence-electron chi connectivity index (χ3n) is 5.22. The second-order valence-corrected chi connectivity index (χ2v) is 6.69. The van der Waals surface area contributed by atoms with Crippen LogP contribution in [0.15, 0.2) is 30.0 Å². The van der Waals surface area contributed by atoms with E-state index in [1.54, 1.807) is 31.2 Å². The molecule has 0 bridgehead atoms. The molecule has 0 aromatic heterocycles. The van der Waals surface area contributed by atoms with E-state index in [-0.39, 0.29) is 17.6 Å². The highest BCUT2D eigenvalue weighted by Gasteiger charge is 2.56. The van der Waals surface area contributed by atoms with Crippen molar-refractivity contribution in [2.75, 3.05) is 18.1 Å². The summed E-state index contributed by atoms with van der Waals surface area (Å²) >= 11 is 0. The zero-order valence-corrected chi connectivity index (χ0v) is 14.1. The van der Waals surface area contributed by atoms with Crippen molar-refractivity contribution >= 4 is 29.2 Å². The Labute approximate surface area is 149 Å². The summed E-state index contributed by atoms with van der Waals surface area (Å²) in [5.41, 5.74) is 1.90. The van der Waals surface area contributed by atoms with Crippen LogP contribution in [0.2, 0.25) is 0 Å². The number of fused-ring (bicyclic) bond motifs is 1. The topological polar surface area (TPSA) is 107 Å². The molecule has 136 valence electrons. The number of aliphatic carboxylic acids is 1. The smallest absolute Gasteiger partial charge is 0.414 e. The number of carboxylic acids is 1. The number of rotatable bonds is 4. The number of carbonyl (C=O) groups is 3. The Hall–Kier alpha value is -2.87. The van der Waals surface area contributed by atoms with Gasteiger partial charge < -0.3 is 19.8 Å². The first kappa shape index (κ1) is 16.6. The monoisotopic (exact) mass is 358 g/mol. The van der Waals surface area contributed by atoms with Gasteiger partial charge >= 0.3 is 12.1 Å². The molecule has 4 rings (SSSR count). The predicted molar refractivity (Wildman–Crippen MR) is 90.1 cm³/mol. The van der Waals surface area contributed by atoms with Gasteiger partial charge in [-0.15, -0.1) is 0 Å². The number of hydrogen-bond acceptors (Lipinski definition) is 5. The molecule has 2 N–H and O–H groups in total. The number of hydrogen-bond donors (Lipinski definition) is 2. The standard InChI is InChI=1S/C18H18N2O6/c1-9(21)14-13-8-12(15(17(23)24)20(13)16(14)22)10-2-4-11(5-3-10)19-6-7-26-18(19)25/h2-5,9,13-14,21H,6-8H2,1H3,(H,23,24)/t9-,13-,14-/m1/s1. The van der Waals surface area contributed by atoms with Gasteiger partial charge in [0.15, 0.2) is 0 Å². The number of aliphatic hydroxyl groups is 1. The van der Waals surface area contributed by atoms with Crippen molar-refractivity contribution in [1.82, 2.24) is 4.90 Å². The second-order valence-electron chi connectivity index (χ2n) is 6.69. The molecule has 0 saturated carbocycles. The summed E-state index contributed by atoms with van der Waals surface area (Å²) in [5, 5.41) is 19.4. The Morgan fingerprint density at radius 2 is 1.96 bits per heavy atom. The van der Waals surface area contributed by atoms with Crippen LogP contribution in [-0.2, 0) is 14.3 Å². The minimum Gasteiger partial charge on any atom is -0.477 e. The maximum atomic E-state index is 12.3. The highest BCUT2D eigenvalue weighted by Crippen LogP contribution is 2.47. The summed E-state index contributed by atoms with van der Waals surface area (Å²) < 4.78 is 4.91. The van der Waals surface area contributed by atoms with E-state index in [0.717, 1.165) is 0 Å². The first-order chi connectivity index (χ1) is 12.4. The van der Waals surface area contributed by atoms with Gasteiger partial charge in [0.05, 0.1) is 24.6 Å². The fourth-order valence-electron chi connectivity index (χ4n) is 4.00. The van der Waals surface area contributed by atoms with Crippen molar-refractivity contribution < 1.29 is 29.3 Å². The van der Waals surface area contributed by atoms with Gasteiger partial charge in [-0.2, -0.15) is 0 Å². The number of cyclic esters (lactones) is 1. The minimum absolute atomic E-state index is 0.0229. The van der Waals surface area contributed by atoms with Crippen LogP contribution in [0.5, 0.6) is 0 Å². The number of aliphatic hydroxyl groups excluding tert-OH is 1. The highest BCUT2D eigenvalue weighted by atomic mass is 16.6. The van der Waals surface area contributed by atoms with Gasteiger partial charge in [-0.25, -0.2) is 9.59 Å². The summed E-state index contributed by atoms with van der Waals surface area (Å²) in [4.78, 5) is 38.4. The molecule has 1 aromatic carbocycles. The third kappa shape index (κ3) is 2.29. The number of β-lactam (4-membered cyclic amide) rings is 1. The Bertz CT molecular complexity index is 829. The molecule has 0 aliphatic carbocycles. The van der Waals surface area contributed by atoms with Gasteiger partial charge in [-0.3, -0.25) is 9.69 Å². The Morgan fingerprint density at radius 3 is 2.50 bits per heavy atom. The molecule has 26 heavy (non-hydrogen) atoms. The van der Waals surface area contributed by atoms with Crippen LogP contribution in [0.4, 0.5) is 10.5 Å². The zero-order valence-electron chi connectivity index (χ0n) is 14.1. The van der Waals surface area contributed by atoms with Crippen LogP contribution in [0.25, 0.3) is 5.57 Å². The highest BCUT2D eigenvalue weighted by molar-refractivity contribution is 6.06. The number of carboxylic acid groups (broad SMARTS) is 1. The van der Waals surface area contributed by atoms with E-state index in [1.165, 1.54) is 9.80 Å². The van der Waals surface area contributed by atoms with Gasteiger partial charge in [0.1, 0.15) is 12.3 Å². The van der Waals surface area contributed by atoms with Crippen LogP contribution in [-0.4, -0.2) is 58.4 Å². The molecular formula is C18H18N2O6. The third-order valence-corrected chi connectivity index (χ3v) is 5.22. The SMILES string of the molecule is C[C@@H](O)[C@H]1C(=O)N2C(C(=O)O)=C(c3ccc(N4CCOC4=O)cc3)C[C@H]12. The molecule has 1 aromatic rings. The van der Waals surface area contributed by atoms with Gasteiger partial charge in [0.2, 0.25) is 5.91 Å². The number of nitrogens with zero attached hydrogens (tertiary/aromatic N) is 2. The van der Waals surface area contributed by atoms with E-state index in [4.69, 9.17) is 4.74 Å². The quantitative estimate of drug-likeness (QED) is 0.779. The molecule has 3 heterocycles. The van der Waals surface area contributed by atoms with E-state index in [9.17, 15) is 24.6 Å². The van der Waals surface area contributed by atoms with Gasteiger partial charge in [0.25, 0.3) is 0 Å². The van der Waals surface area contributed by atoms with Crippen LogP contribution < -0.4 is 4.90 Å². The summed E-state index contributed by atoms with van der Waals surface area (Å²) in [6.07, 6.45) is -0.839. The Morgan fingerprint density at radius 1 is 1.27 bits per heavy atom. The lowest BCUT2D eigenvalue weighted by Crippen LogP contribution is -2.61. The average molecular weight is 358 g/mol. The lowest BCUT2D eigenvalue weighted by Gasteiger charge is -2.44. The fourth-order valence-corrected chi connectivity index (χ4v) is 4.00. The number of amides is 2. The number of ether oxygens (including phenoxy) is 1. The van der Waals surface area contributed by atoms with Crippen LogP contribution in [0.3, 0.4) is 0 Å². The maximum Gasteiger partial charge on any atom is 0.414 e. The predicted octanol–water partition coefficient (Wildman–Crippen LogP) is 1.05. The van der Waals surface area contributed by atoms with Gasteiger partial charge in [-0.05, 0) is 36.6 Å². The molecule has 2 saturated heterocycles. The molecule has 8 heteroatoms. The molecule has 8 nitrogen and oxygen atoms in total. The molecule has 2 amide bonds. The summed E-state index contributed by atoms with van der Waals surface area (Å²) in [6, 6.07) is 6.63. The average Bonchev–Trinajstić information content (AvgIpc) is 3.16. The Kier molecular flexibility index (Phi) is 3.73. The number of anilines is 1. The Balaban J connectivity index is 1.65. The lowest BCUT2D eigenvalue weighted by molar-refractivity contribution is -0.161. The molecular weight excluding hydrogens is 340 g/mol. The van der Waals surface area contributed by atoms with Crippen molar-refractivity contribution in [2.45, 2.75) is 25.5 Å². The van der Waals surface area contributed by atoms with Gasteiger partial charge in [-0.1, -0.05) is 12.1 Å². The van der Waals surface area contributed by atoms with Gasteiger partial charge in [0, 0.05) is 5.69 Å². The van der Waals surface area contributed by atoms with Crippen LogP contribution >= 0.6 is 0 Å². The zero-order chi connectivity index (χ0) is 18.6. The van der Waals surface area contributed by atoms with E-state index >= 15 is 0 Å². The second kappa shape index (κ2) is 5.84. The summed E-state index contributed by atoms with van der Waals surface area (Å²) in [5.74, 6) is -2.08. The normalized spacial score (nSPS) is 25.9. The molecule has 0 spiro atoms. The van der Waals surface area contributed by atoms with E-state index < -0.39 is 24.1 Å². The van der Waals surface area contributed by atoms with Crippen molar-refractivity contribution in [3.63, 3.8) is 0 Å². The first-order valence-corrected chi connectivity index (χ1v) is 8.42. The molecule has 3 aliphatic rings. The van der Waals surface area contributed by atoms with Crippen molar-refractivity contribution in [3.05, 3.63) is 35.5 Å². The molecule has 2 fully saturated rings.